The zero-order valence-corrected chi connectivity index (χ0v) is 13.5. The summed E-state index contributed by atoms with van der Waals surface area (Å²) in [6.07, 6.45) is 1.84. The monoisotopic (exact) mass is 327 g/mol. The molecule has 6 heteroatoms. The number of imide groups is 1. The Labute approximate surface area is 131 Å². The quantitative estimate of drug-likeness (QED) is 0.857. The fraction of sp³-hybridized carbons (Fsp3) is 0.467. The van der Waals surface area contributed by atoms with Crippen molar-refractivity contribution in [3.8, 4) is 0 Å². The molecule has 1 saturated heterocycles. The summed E-state index contributed by atoms with van der Waals surface area (Å²) in [7, 11) is -1.26. The maximum Gasteiger partial charge on any atom is 0.230 e. The third kappa shape index (κ3) is 3.92. The van der Waals surface area contributed by atoms with Gasteiger partial charge in [-0.25, -0.2) is 0 Å². The van der Waals surface area contributed by atoms with Crippen LogP contribution in [0.5, 0.6) is 0 Å². The third-order valence-corrected chi connectivity index (χ3v) is 5.56. The van der Waals surface area contributed by atoms with E-state index in [2.05, 4.69) is 0 Å². The molecule has 2 rings (SSSR count). The molecule has 1 aliphatic heterocycles. The largest absolute Gasteiger partial charge is 0.283 e. The second kappa shape index (κ2) is 7.18. The fourth-order valence-electron chi connectivity index (χ4n) is 2.41. The molecule has 21 heavy (non-hydrogen) atoms. The minimum Gasteiger partial charge on any atom is -0.283 e. The SMILES string of the molecule is CCC(=O)N1CCCC(S(=O)c2ccc(Cl)cc2)CC1=O. The summed E-state index contributed by atoms with van der Waals surface area (Å²) in [6.45, 7) is 2.17. The highest BCUT2D eigenvalue weighted by Crippen LogP contribution is 2.23. The number of hydrogen-bond donors (Lipinski definition) is 0. The lowest BCUT2D eigenvalue weighted by atomic mass is 10.2. The Kier molecular flexibility index (Phi) is 5.53. The van der Waals surface area contributed by atoms with Crippen LogP contribution in [-0.4, -0.2) is 32.7 Å². The first-order chi connectivity index (χ1) is 10.0. The van der Waals surface area contributed by atoms with Crippen LogP contribution in [0.3, 0.4) is 0 Å². The normalized spacial score (nSPS) is 21.0. The van der Waals surface area contributed by atoms with Crippen molar-refractivity contribution in [2.24, 2.45) is 0 Å². The maximum absolute atomic E-state index is 12.6. The first kappa shape index (κ1) is 16.2. The van der Waals surface area contributed by atoms with E-state index < -0.39 is 10.8 Å². The van der Waals surface area contributed by atoms with Crippen LogP contribution >= 0.6 is 11.6 Å². The molecule has 0 saturated carbocycles. The summed E-state index contributed by atoms with van der Waals surface area (Å²) < 4.78 is 12.6. The minimum atomic E-state index is -1.26. The molecular weight excluding hydrogens is 310 g/mol. The molecule has 0 radical (unpaired) electrons. The number of hydrogen-bond acceptors (Lipinski definition) is 3. The molecular formula is C15H18ClNO3S. The summed E-state index contributed by atoms with van der Waals surface area (Å²) in [5.41, 5.74) is 0. The highest BCUT2D eigenvalue weighted by Gasteiger charge is 2.30. The van der Waals surface area contributed by atoms with Gasteiger partial charge in [0.1, 0.15) is 0 Å². The molecule has 0 aliphatic carbocycles. The van der Waals surface area contributed by atoms with Crippen LogP contribution in [0.25, 0.3) is 0 Å². The van der Waals surface area contributed by atoms with Crippen molar-refractivity contribution in [1.29, 1.82) is 0 Å². The molecule has 4 nitrogen and oxygen atoms in total. The highest BCUT2D eigenvalue weighted by atomic mass is 35.5. The Morgan fingerprint density at radius 2 is 2.05 bits per heavy atom. The smallest absolute Gasteiger partial charge is 0.230 e. The number of amides is 2. The number of likely N-dealkylation sites (tertiary alicyclic amines) is 1. The molecule has 0 aromatic heterocycles. The van der Waals surface area contributed by atoms with E-state index in [9.17, 15) is 13.8 Å². The third-order valence-electron chi connectivity index (χ3n) is 3.56. The van der Waals surface area contributed by atoms with Crippen LogP contribution in [0.15, 0.2) is 29.2 Å². The van der Waals surface area contributed by atoms with Gasteiger partial charge in [0.15, 0.2) is 0 Å². The van der Waals surface area contributed by atoms with E-state index in [1.807, 2.05) is 0 Å². The van der Waals surface area contributed by atoms with Gasteiger partial charge < -0.3 is 0 Å². The van der Waals surface area contributed by atoms with Crippen LogP contribution in [-0.2, 0) is 20.4 Å². The molecule has 0 N–H and O–H groups in total. The van der Waals surface area contributed by atoms with Crippen LogP contribution < -0.4 is 0 Å². The summed E-state index contributed by atoms with van der Waals surface area (Å²) in [5.74, 6) is -0.371. The van der Waals surface area contributed by atoms with Crippen molar-refractivity contribution >= 4 is 34.2 Å². The average molecular weight is 328 g/mol. The number of benzene rings is 1. The van der Waals surface area contributed by atoms with Crippen molar-refractivity contribution in [2.45, 2.75) is 42.8 Å². The number of carbonyl (C=O) groups is 2. The predicted octanol–water partition coefficient (Wildman–Crippen LogP) is 2.77. The number of rotatable bonds is 3. The molecule has 1 fully saturated rings. The molecule has 0 bridgehead atoms. The van der Waals surface area contributed by atoms with Gasteiger partial charge in [-0.15, -0.1) is 0 Å². The van der Waals surface area contributed by atoms with Gasteiger partial charge in [-0.2, -0.15) is 0 Å². The van der Waals surface area contributed by atoms with E-state index >= 15 is 0 Å². The molecule has 1 aromatic carbocycles. The van der Waals surface area contributed by atoms with Gasteiger partial charge in [0.2, 0.25) is 11.8 Å². The number of halogens is 1. The average Bonchev–Trinajstić information content (AvgIpc) is 2.68. The van der Waals surface area contributed by atoms with Gasteiger partial charge in [0.05, 0.1) is 10.8 Å². The van der Waals surface area contributed by atoms with Crippen LogP contribution in [0, 0.1) is 0 Å². The molecule has 114 valence electrons. The van der Waals surface area contributed by atoms with Gasteiger partial charge in [-0.1, -0.05) is 18.5 Å². The van der Waals surface area contributed by atoms with Crippen molar-refractivity contribution in [2.75, 3.05) is 6.54 Å². The Morgan fingerprint density at radius 1 is 1.38 bits per heavy atom. The minimum absolute atomic E-state index is 0.154. The zero-order chi connectivity index (χ0) is 15.4. The van der Waals surface area contributed by atoms with Gasteiger partial charge >= 0.3 is 0 Å². The Morgan fingerprint density at radius 3 is 2.67 bits per heavy atom. The van der Waals surface area contributed by atoms with Crippen LogP contribution in [0.1, 0.15) is 32.6 Å². The summed E-state index contributed by atoms with van der Waals surface area (Å²) in [6, 6.07) is 6.84. The lowest BCUT2D eigenvalue weighted by molar-refractivity contribution is -0.144. The molecule has 2 unspecified atom stereocenters. The maximum atomic E-state index is 12.6. The Balaban J connectivity index is 2.11. The van der Waals surface area contributed by atoms with Crippen molar-refractivity contribution in [3.05, 3.63) is 29.3 Å². The first-order valence-electron chi connectivity index (χ1n) is 7.02. The lowest BCUT2D eigenvalue weighted by Crippen LogP contribution is -2.36. The van der Waals surface area contributed by atoms with Crippen molar-refractivity contribution in [3.63, 3.8) is 0 Å². The van der Waals surface area contributed by atoms with E-state index in [4.69, 9.17) is 11.6 Å². The van der Waals surface area contributed by atoms with Crippen LogP contribution in [0.4, 0.5) is 0 Å². The van der Waals surface area contributed by atoms with Crippen LogP contribution in [0.2, 0.25) is 5.02 Å². The standard InChI is InChI=1S/C15H18ClNO3S/c1-2-14(18)17-9-3-4-13(10-15(17)19)21(20)12-7-5-11(16)6-8-12/h5-8,13H,2-4,9-10H2,1H3. The predicted molar refractivity (Wildman–Crippen MR) is 82.5 cm³/mol. The number of carbonyl (C=O) groups excluding carboxylic acids is 2. The molecule has 1 aromatic rings. The van der Waals surface area contributed by atoms with E-state index in [0.29, 0.717) is 35.7 Å². The molecule has 0 spiro atoms. The fourth-order valence-corrected chi connectivity index (χ4v) is 4.00. The Bertz CT molecular complexity index is 559. The summed E-state index contributed by atoms with van der Waals surface area (Å²) in [4.78, 5) is 25.9. The zero-order valence-electron chi connectivity index (χ0n) is 11.9. The lowest BCUT2D eigenvalue weighted by Gasteiger charge is -2.17. The van der Waals surface area contributed by atoms with Crippen molar-refractivity contribution < 1.29 is 13.8 Å². The van der Waals surface area contributed by atoms with Crippen molar-refractivity contribution in [1.82, 2.24) is 4.90 Å². The van der Waals surface area contributed by atoms with Gasteiger partial charge in [0.25, 0.3) is 0 Å². The van der Waals surface area contributed by atoms with E-state index in [1.165, 1.54) is 4.90 Å². The summed E-state index contributed by atoms with van der Waals surface area (Å²) in [5, 5.41) is 0.348. The van der Waals surface area contributed by atoms with Gasteiger partial charge in [-0.05, 0) is 37.1 Å². The summed E-state index contributed by atoms with van der Waals surface area (Å²) >= 11 is 5.82. The number of nitrogens with zero attached hydrogens (tertiary/aromatic N) is 1. The van der Waals surface area contributed by atoms with E-state index in [-0.39, 0.29) is 23.5 Å². The topological polar surface area (TPSA) is 54.5 Å². The van der Waals surface area contributed by atoms with Gasteiger partial charge in [-0.3, -0.25) is 18.7 Å². The Hall–Kier alpha value is -1.20. The molecule has 1 aliphatic rings. The first-order valence-corrected chi connectivity index (χ1v) is 8.61. The highest BCUT2D eigenvalue weighted by molar-refractivity contribution is 7.85. The molecule has 2 atom stereocenters. The van der Waals surface area contributed by atoms with E-state index in [1.54, 1.807) is 31.2 Å². The van der Waals surface area contributed by atoms with Gasteiger partial charge in [0, 0.05) is 34.6 Å². The second-order valence-electron chi connectivity index (χ2n) is 5.01. The van der Waals surface area contributed by atoms with E-state index in [0.717, 1.165) is 0 Å². The molecule has 1 heterocycles. The molecule has 2 amide bonds. The second-order valence-corrected chi connectivity index (χ2v) is 7.18.